The zero-order chi connectivity index (χ0) is 18.0. The predicted octanol–water partition coefficient (Wildman–Crippen LogP) is 0.283. The van der Waals surface area contributed by atoms with Crippen molar-refractivity contribution in [1.82, 2.24) is 14.5 Å². The number of hydrogen-bond donors (Lipinski definition) is 1. The standard InChI is InChI=1S/C17H15FN4O3/c18-13-5-2-1-4-11(13)9-20-15(23)10-22-16(24)12(8-19)14-6-3-7-21(14)17(22)25/h1-2,4-5H,3,6-7,9-10H2,(H,20,23). The molecule has 1 aliphatic rings. The Morgan fingerprint density at radius 2 is 2.08 bits per heavy atom. The summed E-state index contributed by atoms with van der Waals surface area (Å²) in [5.41, 5.74) is -0.731. The van der Waals surface area contributed by atoms with E-state index in [1.807, 2.05) is 6.07 Å². The van der Waals surface area contributed by atoms with Crippen LogP contribution in [0.15, 0.2) is 33.9 Å². The van der Waals surface area contributed by atoms with Crippen LogP contribution in [-0.4, -0.2) is 15.0 Å². The largest absolute Gasteiger partial charge is 0.350 e. The third-order valence-electron chi connectivity index (χ3n) is 4.18. The molecule has 25 heavy (non-hydrogen) atoms. The Morgan fingerprint density at radius 1 is 1.32 bits per heavy atom. The van der Waals surface area contributed by atoms with E-state index in [0.717, 1.165) is 4.57 Å². The van der Waals surface area contributed by atoms with E-state index in [2.05, 4.69) is 5.32 Å². The summed E-state index contributed by atoms with van der Waals surface area (Å²) in [6.45, 7) is -0.154. The maximum Gasteiger partial charge on any atom is 0.331 e. The second kappa shape index (κ2) is 6.73. The predicted molar refractivity (Wildman–Crippen MR) is 86.2 cm³/mol. The van der Waals surface area contributed by atoms with Gasteiger partial charge in [0.1, 0.15) is 24.0 Å². The number of nitriles is 1. The van der Waals surface area contributed by atoms with Crippen molar-refractivity contribution in [3.63, 3.8) is 0 Å². The fourth-order valence-electron chi connectivity index (χ4n) is 2.92. The minimum atomic E-state index is -0.762. The molecule has 0 bridgehead atoms. The smallest absolute Gasteiger partial charge is 0.331 e. The lowest BCUT2D eigenvalue weighted by Crippen LogP contribution is -2.45. The Hall–Kier alpha value is -3.21. The molecule has 8 heteroatoms. The molecule has 1 amide bonds. The van der Waals surface area contributed by atoms with Crippen molar-refractivity contribution >= 4 is 5.91 Å². The first-order valence-corrected chi connectivity index (χ1v) is 7.79. The molecule has 2 aromatic rings. The van der Waals surface area contributed by atoms with Gasteiger partial charge in [0, 0.05) is 24.3 Å². The summed E-state index contributed by atoms with van der Waals surface area (Å²) >= 11 is 0. The molecular weight excluding hydrogens is 327 g/mol. The highest BCUT2D eigenvalue weighted by atomic mass is 19.1. The number of halogens is 1. The second-order valence-corrected chi connectivity index (χ2v) is 5.73. The van der Waals surface area contributed by atoms with Gasteiger partial charge in [-0.1, -0.05) is 18.2 Å². The molecule has 0 fully saturated rings. The summed E-state index contributed by atoms with van der Waals surface area (Å²) in [7, 11) is 0. The molecule has 0 radical (unpaired) electrons. The minimum Gasteiger partial charge on any atom is -0.350 e. The number of rotatable bonds is 4. The second-order valence-electron chi connectivity index (χ2n) is 5.73. The maximum atomic E-state index is 13.5. The molecule has 0 saturated carbocycles. The molecule has 0 saturated heterocycles. The molecule has 1 aliphatic heterocycles. The quantitative estimate of drug-likeness (QED) is 0.863. The molecule has 1 aromatic carbocycles. The zero-order valence-electron chi connectivity index (χ0n) is 13.3. The molecule has 2 heterocycles. The molecule has 3 rings (SSSR count). The van der Waals surface area contributed by atoms with E-state index < -0.39 is 29.5 Å². The number of nitrogens with one attached hydrogen (secondary N) is 1. The van der Waals surface area contributed by atoms with Crippen LogP contribution in [0.4, 0.5) is 4.39 Å². The van der Waals surface area contributed by atoms with Crippen molar-refractivity contribution in [2.75, 3.05) is 0 Å². The van der Waals surface area contributed by atoms with Gasteiger partial charge in [-0.2, -0.15) is 5.26 Å². The molecule has 0 atom stereocenters. The summed E-state index contributed by atoms with van der Waals surface area (Å²) in [6, 6.07) is 7.81. The number of benzene rings is 1. The van der Waals surface area contributed by atoms with Gasteiger partial charge in [0.05, 0.1) is 0 Å². The highest BCUT2D eigenvalue weighted by molar-refractivity contribution is 5.75. The van der Waals surface area contributed by atoms with E-state index in [1.54, 1.807) is 6.07 Å². The van der Waals surface area contributed by atoms with E-state index in [4.69, 9.17) is 0 Å². The normalized spacial score (nSPS) is 12.5. The Morgan fingerprint density at radius 3 is 2.80 bits per heavy atom. The van der Waals surface area contributed by atoms with Crippen molar-refractivity contribution in [1.29, 1.82) is 5.26 Å². The number of nitrogens with zero attached hydrogens (tertiary/aromatic N) is 3. The number of hydrogen-bond acceptors (Lipinski definition) is 4. The van der Waals surface area contributed by atoms with Gasteiger partial charge in [0.15, 0.2) is 0 Å². The summed E-state index contributed by atoms with van der Waals surface area (Å²) < 4.78 is 15.7. The van der Waals surface area contributed by atoms with Crippen LogP contribution in [-0.2, 0) is 30.8 Å². The maximum absolute atomic E-state index is 13.5. The van der Waals surface area contributed by atoms with Gasteiger partial charge in [0.25, 0.3) is 5.56 Å². The zero-order valence-corrected chi connectivity index (χ0v) is 13.3. The van der Waals surface area contributed by atoms with E-state index in [0.29, 0.717) is 30.6 Å². The molecule has 0 spiro atoms. The van der Waals surface area contributed by atoms with Gasteiger partial charge in [-0.25, -0.2) is 13.8 Å². The monoisotopic (exact) mass is 342 g/mol. The van der Waals surface area contributed by atoms with E-state index in [-0.39, 0.29) is 12.1 Å². The van der Waals surface area contributed by atoms with Gasteiger partial charge in [-0.15, -0.1) is 0 Å². The van der Waals surface area contributed by atoms with E-state index in [9.17, 15) is 24.0 Å². The van der Waals surface area contributed by atoms with Crippen molar-refractivity contribution in [2.45, 2.75) is 32.5 Å². The number of aromatic nitrogens is 2. The van der Waals surface area contributed by atoms with Crippen LogP contribution in [0.1, 0.15) is 23.2 Å². The third-order valence-corrected chi connectivity index (χ3v) is 4.18. The first-order valence-electron chi connectivity index (χ1n) is 7.79. The van der Waals surface area contributed by atoms with Gasteiger partial charge < -0.3 is 5.32 Å². The summed E-state index contributed by atoms with van der Waals surface area (Å²) in [4.78, 5) is 36.8. The summed E-state index contributed by atoms with van der Waals surface area (Å²) in [5.74, 6) is -1.06. The topological polar surface area (TPSA) is 96.9 Å². The van der Waals surface area contributed by atoms with Crippen LogP contribution in [0.2, 0.25) is 0 Å². The first-order chi connectivity index (χ1) is 12.0. The molecule has 0 aliphatic carbocycles. The van der Waals surface area contributed by atoms with Gasteiger partial charge in [0.2, 0.25) is 5.91 Å². The molecule has 1 aromatic heterocycles. The van der Waals surface area contributed by atoms with Crippen molar-refractivity contribution < 1.29 is 9.18 Å². The number of fused-ring (bicyclic) bond motifs is 1. The fraction of sp³-hybridized carbons (Fsp3) is 0.294. The molecule has 0 unspecified atom stereocenters. The Bertz CT molecular complexity index is 1000. The molecular formula is C17H15FN4O3. The number of carbonyl (C=O) groups excluding carboxylic acids is 1. The van der Waals surface area contributed by atoms with Gasteiger partial charge in [-0.05, 0) is 18.9 Å². The average molecular weight is 342 g/mol. The van der Waals surface area contributed by atoms with Crippen LogP contribution >= 0.6 is 0 Å². The number of amides is 1. The summed E-state index contributed by atoms with van der Waals surface area (Å²) in [6.07, 6.45) is 1.17. The van der Waals surface area contributed by atoms with Gasteiger partial charge >= 0.3 is 5.69 Å². The number of carbonyl (C=O) groups is 1. The average Bonchev–Trinajstić information content (AvgIpc) is 3.08. The molecule has 1 N–H and O–H groups in total. The van der Waals surface area contributed by atoms with Crippen LogP contribution < -0.4 is 16.6 Å². The lowest BCUT2D eigenvalue weighted by Gasteiger charge is -2.11. The van der Waals surface area contributed by atoms with Crippen molar-refractivity contribution in [3.05, 3.63) is 67.7 Å². The van der Waals surface area contributed by atoms with E-state index in [1.165, 1.54) is 22.8 Å². The first kappa shape index (κ1) is 16.6. The van der Waals surface area contributed by atoms with Crippen LogP contribution in [0.25, 0.3) is 0 Å². The molecule has 7 nitrogen and oxygen atoms in total. The van der Waals surface area contributed by atoms with Crippen LogP contribution in [0.3, 0.4) is 0 Å². The summed E-state index contributed by atoms with van der Waals surface area (Å²) in [5, 5.41) is 11.7. The Kier molecular flexibility index (Phi) is 4.48. The fourth-order valence-corrected chi connectivity index (χ4v) is 2.92. The third kappa shape index (κ3) is 3.08. The highest BCUT2D eigenvalue weighted by Gasteiger charge is 2.23. The lowest BCUT2D eigenvalue weighted by atomic mass is 10.2. The lowest BCUT2D eigenvalue weighted by molar-refractivity contribution is -0.122. The van der Waals surface area contributed by atoms with E-state index >= 15 is 0 Å². The van der Waals surface area contributed by atoms with Crippen LogP contribution in [0.5, 0.6) is 0 Å². The Balaban J connectivity index is 1.83. The van der Waals surface area contributed by atoms with Crippen molar-refractivity contribution in [3.8, 4) is 6.07 Å². The van der Waals surface area contributed by atoms with Crippen LogP contribution in [0, 0.1) is 17.1 Å². The Labute approximate surface area is 141 Å². The minimum absolute atomic E-state index is 0.0579. The van der Waals surface area contributed by atoms with Gasteiger partial charge in [-0.3, -0.25) is 14.2 Å². The van der Waals surface area contributed by atoms with Crippen molar-refractivity contribution in [2.24, 2.45) is 0 Å². The molecule has 128 valence electrons. The highest BCUT2D eigenvalue weighted by Crippen LogP contribution is 2.13. The SMILES string of the molecule is N#Cc1c2n(c(=O)n(CC(=O)NCc3ccccc3F)c1=O)CCC2.